The lowest BCUT2D eigenvalue weighted by molar-refractivity contribution is 0.0205. The van der Waals surface area contributed by atoms with Crippen molar-refractivity contribution in [2.45, 2.75) is 46.3 Å². The van der Waals surface area contributed by atoms with Crippen molar-refractivity contribution < 1.29 is 4.74 Å². The normalized spacial score (nSPS) is 20.8. The summed E-state index contributed by atoms with van der Waals surface area (Å²) in [5.41, 5.74) is 2.89. The van der Waals surface area contributed by atoms with Crippen LogP contribution in [0.25, 0.3) is 0 Å². The van der Waals surface area contributed by atoms with Crippen LogP contribution in [0.1, 0.15) is 45.7 Å². The molecule has 3 nitrogen and oxygen atoms in total. The van der Waals surface area contributed by atoms with Crippen LogP contribution in [0.15, 0.2) is 24.3 Å². The molecular weight excluding hydrogens is 260 g/mol. The fraction of sp³-hybridized carbons (Fsp3) is 0.667. The number of rotatable bonds is 5. The molecule has 0 aliphatic carbocycles. The topological polar surface area (TPSA) is 24.5 Å². The summed E-state index contributed by atoms with van der Waals surface area (Å²) in [6, 6.07) is 9.31. The van der Waals surface area contributed by atoms with Gasteiger partial charge in [0.15, 0.2) is 0 Å². The highest BCUT2D eigenvalue weighted by Crippen LogP contribution is 2.25. The average Bonchev–Trinajstić information content (AvgIpc) is 2.93. The molecule has 1 aromatic carbocycles. The summed E-state index contributed by atoms with van der Waals surface area (Å²) in [5, 5.41) is 3.27. The van der Waals surface area contributed by atoms with Crippen molar-refractivity contribution in [3.63, 3.8) is 0 Å². The van der Waals surface area contributed by atoms with Crippen LogP contribution < -0.4 is 10.2 Å². The lowest BCUT2D eigenvalue weighted by Gasteiger charge is -2.23. The van der Waals surface area contributed by atoms with E-state index in [0.29, 0.717) is 12.1 Å². The molecule has 1 fully saturated rings. The number of anilines is 1. The molecule has 1 aliphatic rings. The largest absolute Gasteiger partial charge is 0.376 e. The van der Waals surface area contributed by atoms with Gasteiger partial charge in [-0.05, 0) is 43.5 Å². The molecule has 1 saturated heterocycles. The molecule has 0 spiro atoms. The third kappa shape index (κ3) is 4.72. The Kier molecular flexibility index (Phi) is 5.28. The molecule has 1 N–H and O–H groups in total. The van der Waals surface area contributed by atoms with E-state index >= 15 is 0 Å². The quantitative estimate of drug-likeness (QED) is 0.896. The van der Waals surface area contributed by atoms with Gasteiger partial charge in [0.05, 0.1) is 12.7 Å². The first kappa shape index (κ1) is 16.3. The van der Waals surface area contributed by atoms with E-state index in [1.54, 1.807) is 0 Å². The van der Waals surface area contributed by atoms with Gasteiger partial charge in [0.25, 0.3) is 0 Å². The van der Waals surface area contributed by atoms with Crippen molar-refractivity contribution >= 4 is 5.69 Å². The highest BCUT2D eigenvalue weighted by atomic mass is 16.5. The first-order valence-electron chi connectivity index (χ1n) is 8.03. The minimum Gasteiger partial charge on any atom is -0.376 e. The predicted molar refractivity (Wildman–Crippen MR) is 89.9 cm³/mol. The van der Waals surface area contributed by atoms with Crippen LogP contribution in [-0.2, 0) is 4.74 Å². The fourth-order valence-electron chi connectivity index (χ4n) is 2.61. The molecular formula is C18H30N2O. The number of nitrogens with zero attached hydrogens (tertiary/aromatic N) is 1. The molecule has 0 bridgehead atoms. The molecule has 0 aromatic heterocycles. The number of ether oxygens (including phenoxy) is 1. The van der Waals surface area contributed by atoms with Gasteiger partial charge in [0, 0.05) is 24.8 Å². The van der Waals surface area contributed by atoms with E-state index in [2.05, 4.69) is 62.2 Å². The third-order valence-electron chi connectivity index (χ3n) is 4.09. The van der Waals surface area contributed by atoms with Gasteiger partial charge >= 0.3 is 0 Å². The Morgan fingerprint density at radius 1 is 1.29 bits per heavy atom. The summed E-state index contributed by atoms with van der Waals surface area (Å²) in [7, 11) is 2.00. The second-order valence-corrected chi connectivity index (χ2v) is 7.33. The fourth-order valence-corrected chi connectivity index (χ4v) is 2.61. The second kappa shape index (κ2) is 6.80. The molecule has 118 valence electrons. The molecule has 1 aromatic rings. The zero-order valence-corrected chi connectivity index (χ0v) is 14.1. The van der Waals surface area contributed by atoms with Gasteiger partial charge in [-0.2, -0.15) is 0 Å². The molecule has 0 amide bonds. The Labute approximate surface area is 129 Å². The van der Waals surface area contributed by atoms with Gasteiger partial charge in [0.1, 0.15) is 0 Å². The third-order valence-corrected chi connectivity index (χ3v) is 4.09. The SMILES string of the molecule is CNC(C)c1ccc(N2CC[C@H](OCC(C)(C)C)C2)cc1. The zero-order valence-electron chi connectivity index (χ0n) is 14.1. The summed E-state index contributed by atoms with van der Waals surface area (Å²) in [6.07, 6.45) is 1.50. The minimum absolute atomic E-state index is 0.248. The summed E-state index contributed by atoms with van der Waals surface area (Å²) in [5.74, 6) is 0. The van der Waals surface area contributed by atoms with Crippen molar-refractivity contribution in [3.8, 4) is 0 Å². The van der Waals surface area contributed by atoms with E-state index in [-0.39, 0.29) is 5.41 Å². The lowest BCUT2D eigenvalue weighted by Crippen LogP contribution is -2.26. The van der Waals surface area contributed by atoms with Crippen molar-refractivity contribution in [1.82, 2.24) is 5.32 Å². The van der Waals surface area contributed by atoms with Gasteiger partial charge in [0.2, 0.25) is 0 Å². The average molecular weight is 290 g/mol. The Balaban J connectivity index is 1.89. The monoisotopic (exact) mass is 290 g/mol. The van der Waals surface area contributed by atoms with Crippen molar-refractivity contribution in [2.24, 2.45) is 5.41 Å². The molecule has 3 heteroatoms. The first-order valence-corrected chi connectivity index (χ1v) is 8.03. The van der Waals surface area contributed by atoms with Crippen molar-refractivity contribution in [1.29, 1.82) is 0 Å². The highest BCUT2D eigenvalue weighted by molar-refractivity contribution is 5.49. The molecule has 1 unspecified atom stereocenters. The number of benzene rings is 1. The Morgan fingerprint density at radius 3 is 2.52 bits per heavy atom. The lowest BCUT2D eigenvalue weighted by atomic mass is 9.98. The van der Waals surface area contributed by atoms with Crippen LogP contribution in [0.5, 0.6) is 0 Å². The van der Waals surface area contributed by atoms with Crippen molar-refractivity contribution in [2.75, 3.05) is 31.6 Å². The molecule has 1 aliphatic heterocycles. The standard InChI is InChI=1S/C18H30N2O/c1-14(19-5)15-6-8-16(9-7-15)20-11-10-17(12-20)21-13-18(2,3)4/h6-9,14,17,19H,10-13H2,1-5H3/t14?,17-/m0/s1. The van der Waals surface area contributed by atoms with E-state index in [0.717, 1.165) is 26.1 Å². The van der Waals surface area contributed by atoms with Crippen LogP contribution in [0, 0.1) is 5.41 Å². The van der Waals surface area contributed by atoms with Crippen LogP contribution in [-0.4, -0.2) is 32.8 Å². The van der Waals surface area contributed by atoms with Gasteiger partial charge < -0.3 is 15.0 Å². The molecule has 2 rings (SSSR count). The Bertz CT molecular complexity index is 436. The summed E-state index contributed by atoms with van der Waals surface area (Å²) in [6.45, 7) is 11.8. The summed E-state index contributed by atoms with van der Waals surface area (Å²) < 4.78 is 6.05. The van der Waals surface area contributed by atoms with Gasteiger partial charge in [-0.1, -0.05) is 32.9 Å². The van der Waals surface area contributed by atoms with E-state index in [1.165, 1.54) is 11.3 Å². The zero-order chi connectivity index (χ0) is 15.5. The molecule has 0 radical (unpaired) electrons. The molecule has 2 atom stereocenters. The maximum absolute atomic E-state index is 6.05. The van der Waals surface area contributed by atoms with Crippen LogP contribution in [0.2, 0.25) is 0 Å². The minimum atomic E-state index is 0.248. The number of hydrogen-bond acceptors (Lipinski definition) is 3. The van der Waals surface area contributed by atoms with E-state index < -0.39 is 0 Å². The van der Waals surface area contributed by atoms with Crippen LogP contribution >= 0.6 is 0 Å². The van der Waals surface area contributed by atoms with Crippen LogP contribution in [0.3, 0.4) is 0 Å². The maximum Gasteiger partial charge on any atom is 0.0767 e. The van der Waals surface area contributed by atoms with Crippen LogP contribution in [0.4, 0.5) is 5.69 Å². The first-order chi connectivity index (χ1) is 9.89. The van der Waals surface area contributed by atoms with E-state index in [4.69, 9.17) is 4.74 Å². The molecule has 0 saturated carbocycles. The Morgan fingerprint density at radius 2 is 1.95 bits per heavy atom. The Hall–Kier alpha value is -1.06. The van der Waals surface area contributed by atoms with Gasteiger partial charge in [-0.15, -0.1) is 0 Å². The van der Waals surface area contributed by atoms with E-state index in [9.17, 15) is 0 Å². The second-order valence-electron chi connectivity index (χ2n) is 7.33. The summed E-state index contributed by atoms with van der Waals surface area (Å²) in [4.78, 5) is 2.43. The highest BCUT2D eigenvalue weighted by Gasteiger charge is 2.25. The predicted octanol–water partition coefficient (Wildman–Crippen LogP) is 3.61. The molecule has 1 heterocycles. The van der Waals surface area contributed by atoms with E-state index in [1.807, 2.05) is 7.05 Å². The maximum atomic E-state index is 6.05. The van der Waals surface area contributed by atoms with Crippen molar-refractivity contribution in [3.05, 3.63) is 29.8 Å². The van der Waals surface area contributed by atoms with Gasteiger partial charge in [-0.3, -0.25) is 0 Å². The molecule has 21 heavy (non-hydrogen) atoms. The van der Waals surface area contributed by atoms with Gasteiger partial charge in [-0.25, -0.2) is 0 Å². The number of hydrogen-bond donors (Lipinski definition) is 1. The smallest absolute Gasteiger partial charge is 0.0767 e. The summed E-state index contributed by atoms with van der Waals surface area (Å²) >= 11 is 0. The number of nitrogens with one attached hydrogen (secondary N) is 1.